The number of aliphatic hydroxyl groups is 1. The van der Waals surface area contributed by atoms with Gasteiger partial charge < -0.3 is 20.6 Å². The monoisotopic (exact) mass is 316 g/mol. The maximum atomic E-state index is 9.43. The predicted octanol–water partition coefficient (Wildman–Crippen LogP) is 2.18. The lowest BCUT2D eigenvalue weighted by Crippen LogP contribution is -2.44. The van der Waals surface area contributed by atoms with Crippen molar-refractivity contribution in [2.75, 3.05) is 13.2 Å². The molecule has 0 bridgehead atoms. The minimum Gasteiger partial charge on any atom is -0.466 e. The first kappa shape index (κ1) is 14.1. The third kappa shape index (κ3) is 3.15. The summed E-state index contributed by atoms with van der Waals surface area (Å²) in [6.45, 7) is 0.731. The third-order valence-electron chi connectivity index (χ3n) is 3.76. The summed E-state index contributed by atoms with van der Waals surface area (Å²) in [5.41, 5.74) is 5.83. The van der Waals surface area contributed by atoms with Gasteiger partial charge in [-0.1, -0.05) is 12.8 Å². The highest BCUT2D eigenvalue weighted by atomic mass is 79.9. The number of rotatable bonds is 5. The molecule has 0 aromatic carbocycles. The first-order chi connectivity index (χ1) is 8.76. The summed E-state index contributed by atoms with van der Waals surface area (Å²) < 4.78 is 6.42. The van der Waals surface area contributed by atoms with Crippen molar-refractivity contribution in [3.05, 3.63) is 22.6 Å². The normalized spacial score (nSPS) is 26.2. The van der Waals surface area contributed by atoms with Gasteiger partial charge in [-0.3, -0.25) is 0 Å². The quantitative estimate of drug-likeness (QED) is 0.778. The highest BCUT2D eigenvalue weighted by Crippen LogP contribution is 2.29. The summed E-state index contributed by atoms with van der Waals surface area (Å²) in [4.78, 5) is 0. The Balaban J connectivity index is 2.03. The van der Waals surface area contributed by atoms with Gasteiger partial charge in [0.15, 0.2) is 0 Å². The van der Waals surface area contributed by atoms with Crippen LogP contribution in [0.25, 0.3) is 0 Å². The fourth-order valence-corrected chi connectivity index (χ4v) is 3.19. The number of nitrogens with two attached hydrogens (primary N) is 1. The molecule has 3 atom stereocenters. The molecule has 0 spiro atoms. The first-order valence-corrected chi connectivity index (χ1v) is 7.35. The van der Waals surface area contributed by atoms with Crippen LogP contribution in [0, 0.1) is 5.92 Å². The van der Waals surface area contributed by atoms with Crippen LogP contribution < -0.4 is 11.1 Å². The van der Waals surface area contributed by atoms with Crippen molar-refractivity contribution in [3.8, 4) is 0 Å². The third-order valence-corrected chi connectivity index (χ3v) is 4.41. The van der Waals surface area contributed by atoms with E-state index in [1.54, 1.807) is 6.26 Å². The molecular formula is C13H21BrN2O2. The Morgan fingerprint density at radius 3 is 2.89 bits per heavy atom. The number of hydrogen-bond donors (Lipinski definition) is 3. The Kier molecular flexibility index (Phi) is 5.24. The molecule has 4 N–H and O–H groups in total. The molecule has 0 radical (unpaired) electrons. The number of aliphatic hydroxyl groups excluding tert-OH is 1. The van der Waals surface area contributed by atoms with Gasteiger partial charge in [0.05, 0.1) is 16.8 Å². The second-order valence-electron chi connectivity index (χ2n) is 4.92. The van der Waals surface area contributed by atoms with Crippen LogP contribution in [0.2, 0.25) is 0 Å². The zero-order valence-corrected chi connectivity index (χ0v) is 12.0. The van der Waals surface area contributed by atoms with E-state index in [-0.39, 0.29) is 12.6 Å². The van der Waals surface area contributed by atoms with Crippen LogP contribution in [0.5, 0.6) is 0 Å². The summed E-state index contributed by atoms with van der Waals surface area (Å²) in [6, 6.07) is 2.21. The van der Waals surface area contributed by atoms with E-state index in [0.717, 1.165) is 23.1 Å². The number of nitrogens with one attached hydrogen (secondary N) is 1. The van der Waals surface area contributed by atoms with Crippen LogP contribution in [0.1, 0.15) is 37.5 Å². The minimum atomic E-state index is 0.00604. The van der Waals surface area contributed by atoms with Crippen LogP contribution in [0.3, 0.4) is 0 Å². The molecule has 1 aromatic rings. The summed E-state index contributed by atoms with van der Waals surface area (Å²) in [7, 11) is 0. The summed E-state index contributed by atoms with van der Waals surface area (Å²) >= 11 is 3.47. The van der Waals surface area contributed by atoms with E-state index in [1.807, 2.05) is 6.07 Å². The van der Waals surface area contributed by atoms with Gasteiger partial charge >= 0.3 is 0 Å². The largest absolute Gasteiger partial charge is 0.466 e. The average molecular weight is 317 g/mol. The van der Waals surface area contributed by atoms with E-state index in [4.69, 9.17) is 10.2 Å². The molecule has 5 heteroatoms. The highest BCUT2D eigenvalue weighted by Gasteiger charge is 2.28. The number of furan rings is 1. The molecule has 18 heavy (non-hydrogen) atoms. The molecular weight excluding hydrogens is 296 g/mol. The first-order valence-electron chi connectivity index (χ1n) is 6.56. The summed E-state index contributed by atoms with van der Waals surface area (Å²) in [5.74, 6) is 1.18. The summed E-state index contributed by atoms with van der Waals surface area (Å²) in [5, 5.41) is 13.0. The van der Waals surface area contributed by atoms with E-state index < -0.39 is 0 Å². The molecule has 1 fully saturated rings. The molecule has 1 aliphatic rings. The highest BCUT2D eigenvalue weighted by molar-refractivity contribution is 9.10. The molecule has 102 valence electrons. The van der Waals surface area contributed by atoms with Gasteiger partial charge in [-0.15, -0.1) is 0 Å². The van der Waals surface area contributed by atoms with Gasteiger partial charge in [0.1, 0.15) is 5.76 Å². The van der Waals surface area contributed by atoms with Crippen LogP contribution in [0.15, 0.2) is 21.2 Å². The summed E-state index contributed by atoms with van der Waals surface area (Å²) in [6.07, 6.45) is 6.27. The van der Waals surface area contributed by atoms with Crippen molar-refractivity contribution in [2.45, 2.75) is 37.8 Å². The van der Waals surface area contributed by atoms with E-state index in [0.29, 0.717) is 18.5 Å². The second kappa shape index (κ2) is 6.70. The van der Waals surface area contributed by atoms with Gasteiger partial charge in [0, 0.05) is 19.2 Å². The Morgan fingerprint density at radius 1 is 1.50 bits per heavy atom. The SMILES string of the molecule is NCC(NC1CCCCC1CO)c1occc1Br. The van der Waals surface area contributed by atoms with Crippen LogP contribution in [-0.4, -0.2) is 24.3 Å². The topological polar surface area (TPSA) is 71.4 Å². The molecule has 1 aromatic heterocycles. The number of halogens is 1. The van der Waals surface area contributed by atoms with Crippen molar-refractivity contribution in [1.82, 2.24) is 5.32 Å². The van der Waals surface area contributed by atoms with Gasteiger partial charge in [0.2, 0.25) is 0 Å². The van der Waals surface area contributed by atoms with E-state index in [2.05, 4.69) is 21.2 Å². The van der Waals surface area contributed by atoms with Gasteiger partial charge in [-0.25, -0.2) is 0 Å². The van der Waals surface area contributed by atoms with Crippen LogP contribution in [-0.2, 0) is 0 Å². The maximum absolute atomic E-state index is 9.43. The smallest absolute Gasteiger partial charge is 0.136 e. The molecule has 3 unspecified atom stereocenters. The molecule has 1 saturated carbocycles. The molecule has 4 nitrogen and oxygen atoms in total. The zero-order chi connectivity index (χ0) is 13.0. The fourth-order valence-electron chi connectivity index (χ4n) is 2.71. The molecule has 0 aliphatic heterocycles. The minimum absolute atomic E-state index is 0.00604. The Labute approximate surface area is 116 Å². The zero-order valence-electron chi connectivity index (χ0n) is 10.4. The second-order valence-corrected chi connectivity index (χ2v) is 5.78. The van der Waals surface area contributed by atoms with Crippen molar-refractivity contribution < 1.29 is 9.52 Å². The van der Waals surface area contributed by atoms with Crippen molar-refractivity contribution in [3.63, 3.8) is 0 Å². The van der Waals surface area contributed by atoms with E-state index >= 15 is 0 Å². The number of hydrogen-bond acceptors (Lipinski definition) is 4. The predicted molar refractivity (Wildman–Crippen MR) is 74.2 cm³/mol. The Hall–Kier alpha value is -0.360. The lowest BCUT2D eigenvalue weighted by Gasteiger charge is -2.33. The standard InChI is InChI=1S/C13H21BrN2O2/c14-10-5-6-18-13(10)12(7-15)16-11-4-2-1-3-9(11)8-17/h5-6,9,11-12,16-17H,1-4,7-8,15H2. The Bertz CT molecular complexity index is 370. The Morgan fingerprint density at radius 2 is 2.28 bits per heavy atom. The van der Waals surface area contributed by atoms with E-state index in [1.165, 1.54) is 12.8 Å². The molecule has 1 aliphatic carbocycles. The molecule has 0 amide bonds. The molecule has 2 rings (SSSR count). The average Bonchev–Trinajstić information content (AvgIpc) is 2.82. The van der Waals surface area contributed by atoms with Crippen molar-refractivity contribution >= 4 is 15.9 Å². The maximum Gasteiger partial charge on any atom is 0.136 e. The van der Waals surface area contributed by atoms with Crippen molar-refractivity contribution in [1.29, 1.82) is 0 Å². The van der Waals surface area contributed by atoms with Gasteiger partial charge in [-0.05, 0) is 40.8 Å². The lowest BCUT2D eigenvalue weighted by atomic mass is 9.84. The molecule has 1 heterocycles. The fraction of sp³-hybridized carbons (Fsp3) is 0.692. The van der Waals surface area contributed by atoms with Gasteiger partial charge in [-0.2, -0.15) is 0 Å². The van der Waals surface area contributed by atoms with Gasteiger partial charge in [0.25, 0.3) is 0 Å². The van der Waals surface area contributed by atoms with E-state index in [9.17, 15) is 5.11 Å². The van der Waals surface area contributed by atoms with Crippen LogP contribution >= 0.6 is 15.9 Å². The van der Waals surface area contributed by atoms with Crippen molar-refractivity contribution in [2.24, 2.45) is 11.7 Å². The van der Waals surface area contributed by atoms with Crippen LogP contribution in [0.4, 0.5) is 0 Å². The lowest BCUT2D eigenvalue weighted by molar-refractivity contribution is 0.143. The molecule has 0 saturated heterocycles.